The molecule has 0 aromatic rings. The third-order valence-electron chi connectivity index (χ3n) is 1.10. The van der Waals surface area contributed by atoms with Crippen molar-refractivity contribution in [1.29, 1.82) is 0 Å². The summed E-state index contributed by atoms with van der Waals surface area (Å²) < 4.78 is 0. The monoisotopic (exact) mass is 140 g/mol. The van der Waals surface area contributed by atoms with E-state index in [-0.39, 0.29) is 0 Å². The van der Waals surface area contributed by atoms with Crippen LogP contribution in [0.2, 0.25) is 0 Å². The Morgan fingerprint density at radius 3 is 2.50 bits per heavy atom. The molecule has 2 heteroatoms. The van der Waals surface area contributed by atoms with Gasteiger partial charge in [0.2, 0.25) is 0 Å². The maximum absolute atomic E-state index is 4.14. The molecule has 0 aliphatic heterocycles. The summed E-state index contributed by atoms with van der Waals surface area (Å²) in [7, 11) is 0. The van der Waals surface area contributed by atoms with Crippen molar-refractivity contribution in [2.45, 2.75) is 33.7 Å². The minimum Gasteiger partial charge on any atom is -0.351 e. The highest BCUT2D eigenvalue weighted by molar-refractivity contribution is 5.57. The zero-order chi connectivity index (χ0) is 7.98. The number of rotatable bonds is 3. The zero-order valence-electron chi connectivity index (χ0n) is 7.18. The number of allylic oxidation sites excluding steroid dienone is 2. The van der Waals surface area contributed by atoms with Crippen LogP contribution >= 0.6 is 0 Å². The normalized spacial score (nSPS) is 13.1. The molecule has 0 aromatic carbocycles. The second kappa shape index (κ2) is 5.03. The van der Waals surface area contributed by atoms with E-state index in [1.807, 2.05) is 33.8 Å². The van der Waals surface area contributed by atoms with Gasteiger partial charge in [-0.2, -0.15) is 0 Å². The average Bonchev–Trinajstić information content (AvgIpc) is 1.87. The minimum atomic E-state index is 0.372. The summed E-state index contributed by atoms with van der Waals surface area (Å²) in [5.74, 6) is 0. The van der Waals surface area contributed by atoms with Gasteiger partial charge in [0.15, 0.2) is 0 Å². The third-order valence-corrected chi connectivity index (χ3v) is 1.10. The standard InChI is InChI=1S/C8H16N2/c1-5-8(4)10-6-9-7(2)3/h5-7H,1-4H3,(H,9,10). The predicted molar refractivity (Wildman–Crippen MR) is 46.2 cm³/mol. The predicted octanol–water partition coefficient (Wildman–Crippen LogP) is 1.94. The number of aliphatic imine (C=N–C) groups is 1. The molecule has 0 rings (SSSR count). The van der Waals surface area contributed by atoms with Gasteiger partial charge in [0.1, 0.15) is 0 Å². The largest absolute Gasteiger partial charge is 0.351 e. The van der Waals surface area contributed by atoms with Crippen molar-refractivity contribution >= 4 is 6.34 Å². The first kappa shape index (κ1) is 9.21. The Morgan fingerprint density at radius 1 is 1.50 bits per heavy atom. The molecule has 0 fully saturated rings. The SMILES string of the molecule is CC=C(C)NC=NC(C)C. The number of hydrogen-bond acceptors (Lipinski definition) is 1. The molecule has 0 spiro atoms. The number of nitrogens with zero attached hydrogens (tertiary/aromatic N) is 1. The van der Waals surface area contributed by atoms with Crippen LogP contribution in [0.15, 0.2) is 16.8 Å². The summed E-state index contributed by atoms with van der Waals surface area (Å²) >= 11 is 0. The summed E-state index contributed by atoms with van der Waals surface area (Å²) in [6, 6.07) is 0.372. The molecule has 0 bridgehead atoms. The molecule has 58 valence electrons. The molecule has 2 nitrogen and oxygen atoms in total. The van der Waals surface area contributed by atoms with Gasteiger partial charge in [0.05, 0.1) is 6.34 Å². The second-order valence-electron chi connectivity index (χ2n) is 2.49. The molecule has 0 aliphatic carbocycles. The van der Waals surface area contributed by atoms with Gasteiger partial charge in [-0.25, -0.2) is 0 Å². The molecular formula is C8H16N2. The molecular weight excluding hydrogens is 124 g/mol. The van der Waals surface area contributed by atoms with Crippen LogP contribution in [0.5, 0.6) is 0 Å². The van der Waals surface area contributed by atoms with Crippen molar-refractivity contribution in [3.05, 3.63) is 11.8 Å². The van der Waals surface area contributed by atoms with E-state index >= 15 is 0 Å². The lowest BCUT2D eigenvalue weighted by Crippen LogP contribution is -2.08. The van der Waals surface area contributed by atoms with E-state index in [1.54, 1.807) is 6.34 Å². The average molecular weight is 140 g/mol. The Bertz CT molecular complexity index is 134. The van der Waals surface area contributed by atoms with Crippen LogP contribution in [-0.4, -0.2) is 12.4 Å². The van der Waals surface area contributed by atoms with Crippen LogP contribution in [0.25, 0.3) is 0 Å². The molecule has 0 aromatic heterocycles. The van der Waals surface area contributed by atoms with Crippen LogP contribution in [0.1, 0.15) is 27.7 Å². The fourth-order valence-corrected chi connectivity index (χ4v) is 0.371. The smallest absolute Gasteiger partial charge is 0.0868 e. The summed E-state index contributed by atoms with van der Waals surface area (Å²) in [5, 5.41) is 3.03. The lowest BCUT2D eigenvalue weighted by molar-refractivity contribution is 0.833. The van der Waals surface area contributed by atoms with Crippen LogP contribution in [0.4, 0.5) is 0 Å². The van der Waals surface area contributed by atoms with Crippen molar-refractivity contribution < 1.29 is 0 Å². The molecule has 0 atom stereocenters. The molecule has 0 saturated carbocycles. The first-order valence-electron chi connectivity index (χ1n) is 3.58. The van der Waals surface area contributed by atoms with Crippen molar-refractivity contribution in [2.24, 2.45) is 4.99 Å². The Kier molecular flexibility index (Phi) is 4.63. The van der Waals surface area contributed by atoms with Crippen molar-refractivity contribution in [3.8, 4) is 0 Å². The van der Waals surface area contributed by atoms with Crippen molar-refractivity contribution in [3.63, 3.8) is 0 Å². The number of nitrogens with one attached hydrogen (secondary N) is 1. The third kappa shape index (κ3) is 5.35. The van der Waals surface area contributed by atoms with Gasteiger partial charge >= 0.3 is 0 Å². The van der Waals surface area contributed by atoms with Crippen LogP contribution in [-0.2, 0) is 0 Å². The van der Waals surface area contributed by atoms with E-state index in [0.717, 1.165) is 5.70 Å². The molecule has 1 N–H and O–H groups in total. The fourth-order valence-electron chi connectivity index (χ4n) is 0.371. The summed E-state index contributed by atoms with van der Waals surface area (Å²) in [4.78, 5) is 4.14. The first-order valence-corrected chi connectivity index (χ1v) is 3.58. The van der Waals surface area contributed by atoms with Gasteiger partial charge in [-0.1, -0.05) is 6.08 Å². The summed E-state index contributed by atoms with van der Waals surface area (Å²) in [5.41, 5.74) is 1.13. The molecule has 0 aliphatic rings. The Balaban J connectivity index is 3.54. The van der Waals surface area contributed by atoms with Crippen LogP contribution < -0.4 is 5.32 Å². The van der Waals surface area contributed by atoms with E-state index in [2.05, 4.69) is 10.3 Å². The maximum atomic E-state index is 4.14. The van der Waals surface area contributed by atoms with E-state index in [9.17, 15) is 0 Å². The van der Waals surface area contributed by atoms with E-state index in [4.69, 9.17) is 0 Å². The quantitative estimate of drug-likeness (QED) is 0.470. The Hall–Kier alpha value is -0.790. The lowest BCUT2D eigenvalue weighted by atomic mass is 10.4. The zero-order valence-corrected chi connectivity index (χ0v) is 7.18. The summed E-state index contributed by atoms with van der Waals surface area (Å²) in [6.45, 7) is 8.09. The van der Waals surface area contributed by atoms with E-state index in [0.29, 0.717) is 6.04 Å². The first-order chi connectivity index (χ1) is 4.66. The molecule has 10 heavy (non-hydrogen) atoms. The highest BCUT2D eigenvalue weighted by atomic mass is 14.9. The van der Waals surface area contributed by atoms with Gasteiger partial charge in [-0.05, 0) is 27.7 Å². The summed E-state index contributed by atoms with van der Waals surface area (Å²) in [6.07, 6.45) is 3.74. The van der Waals surface area contributed by atoms with Crippen LogP contribution in [0, 0.1) is 0 Å². The van der Waals surface area contributed by atoms with Gasteiger partial charge in [0.25, 0.3) is 0 Å². The van der Waals surface area contributed by atoms with Gasteiger partial charge < -0.3 is 5.32 Å². The highest BCUT2D eigenvalue weighted by Crippen LogP contribution is 1.84. The number of hydrogen-bond donors (Lipinski definition) is 1. The second-order valence-corrected chi connectivity index (χ2v) is 2.49. The lowest BCUT2D eigenvalue weighted by Gasteiger charge is -1.98. The fraction of sp³-hybridized carbons (Fsp3) is 0.625. The Morgan fingerprint density at radius 2 is 2.10 bits per heavy atom. The van der Waals surface area contributed by atoms with E-state index in [1.165, 1.54) is 0 Å². The minimum absolute atomic E-state index is 0.372. The molecule has 0 heterocycles. The molecule has 0 radical (unpaired) electrons. The van der Waals surface area contributed by atoms with Gasteiger partial charge in [0, 0.05) is 11.7 Å². The van der Waals surface area contributed by atoms with Crippen LogP contribution in [0.3, 0.4) is 0 Å². The van der Waals surface area contributed by atoms with Crippen molar-refractivity contribution in [1.82, 2.24) is 5.32 Å². The molecule has 0 amide bonds. The maximum Gasteiger partial charge on any atom is 0.0868 e. The molecule has 0 saturated heterocycles. The van der Waals surface area contributed by atoms with E-state index < -0.39 is 0 Å². The van der Waals surface area contributed by atoms with Crippen molar-refractivity contribution in [2.75, 3.05) is 0 Å². The highest BCUT2D eigenvalue weighted by Gasteiger charge is 1.82. The Labute approximate surface area is 63.0 Å². The molecule has 0 unspecified atom stereocenters. The van der Waals surface area contributed by atoms with Gasteiger partial charge in [-0.3, -0.25) is 4.99 Å². The topological polar surface area (TPSA) is 24.4 Å². The van der Waals surface area contributed by atoms with Gasteiger partial charge in [-0.15, -0.1) is 0 Å².